The maximum atomic E-state index is 12.5. The van der Waals surface area contributed by atoms with Gasteiger partial charge in [0.1, 0.15) is 25.1 Å². The molecule has 5 rings (SSSR count). The van der Waals surface area contributed by atoms with Crippen LogP contribution in [0.5, 0.6) is 17.2 Å². The van der Waals surface area contributed by atoms with E-state index in [2.05, 4.69) is 10.3 Å². The average Bonchev–Trinajstić information content (AvgIpc) is 3.26. The van der Waals surface area contributed by atoms with Crippen LogP contribution >= 0.6 is 0 Å². The fourth-order valence-corrected chi connectivity index (χ4v) is 4.07. The molecule has 0 radical (unpaired) electrons. The van der Waals surface area contributed by atoms with E-state index in [0.717, 1.165) is 0 Å². The molecule has 11 nitrogen and oxygen atoms in total. The third-order valence-corrected chi connectivity index (χ3v) is 5.85. The van der Waals surface area contributed by atoms with Crippen LogP contribution in [0.15, 0.2) is 47.4 Å². The standard InChI is InChI=1S/C24H24N4O7/c1-32-16-3-4-18-19(11-16)27(23(30)13-25-18)7-6-22(29)26-12-17-14-28(24(31)35-17)15-2-5-20-21(10-15)34-9-8-33-20/h2-5,10-11,13,17H,6-9,12,14H2,1H3,(H,26,29). The molecular formula is C24H24N4O7. The van der Waals surface area contributed by atoms with Gasteiger partial charge in [-0.3, -0.25) is 14.5 Å². The molecule has 1 aromatic heterocycles. The van der Waals surface area contributed by atoms with Gasteiger partial charge in [-0.25, -0.2) is 9.78 Å². The molecule has 0 spiro atoms. The molecule has 0 saturated carbocycles. The minimum atomic E-state index is -0.506. The molecular weight excluding hydrogens is 456 g/mol. The van der Waals surface area contributed by atoms with E-state index in [4.69, 9.17) is 18.9 Å². The fraction of sp³-hybridized carbons (Fsp3) is 0.333. The van der Waals surface area contributed by atoms with Crippen molar-refractivity contribution in [3.05, 3.63) is 52.9 Å². The zero-order valence-corrected chi connectivity index (χ0v) is 19.1. The number of carbonyl (C=O) groups is 2. The maximum Gasteiger partial charge on any atom is 0.414 e. The molecule has 0 aliphatic carbocycles. The van der Waals surface area contributed by atoms with Gasteiger partial charge in [-0.2, -0.15) is 0 Å². The number of cyclic esters (lactones) is 1. The molecule has 11 heteroatoms. The van der Waals surface area contributed by atoms with Gasteiger partial charge in [0.15, 0.2) is 11.5 Å². The monoisotopic (exact) mass is 480 g/mol. The molecule has 1 saturated heterocycles. The minimum absolute atomic E-state index is 0.0722. The third-order valence-electron chi connectivity index (χ3n) is 5.85. The van der Waals surface area contributed by atoms with E-state index < -0.39 is 12.2 Å². The lowest BCUT2D eigenvalue weighted by Crippen LogP contribution is -2.35. The van der Waals surface area contributed by atoms with Gasteiger partial charge >= 0.3 is 6.09 Å². The number of amides is 2. The molecule has 35 heavy (non-hydrogen) atoms. The van der Waals surface area contributed by atoms with Gasteiger partial charge in [-0.05, 0) is 24.3 Å². The highest BCUT2D eigenvalue weighted by atomic mass is 16.6. The number of hydrogen-bond acceptors (Lipinski definition) is 8. The van der Waals surface area contributed by atoms with Gasteiger partial charge < -0.3 is 28.8 Å². The summed E-state index contributed by atoms with van der Waals surface area (Å²) < 4.78 is 23.2. The number of ether oxygens (including phenoxy) is 4. The Morgan fingerprint density at radius 3 is 2.80 bits per heavy atom. The number of fused-ring (bicyclic) bond motifs is 2. The van der Waals surface area contributed by atoms with E-state index in [-0.39, 0.29) is 37.5 Å². The molecule has 1 atom stereocenters. The van der Waals surface area contributed by atoms with Gasteiger partial charge in [0.25, 0.3) is 5.56 Å². The summed E-state index contributed by atoms with van der Waals surface area (Å²) in [6.45, 7) is 1.55. The molecule has 2 aliphatic heterocycles. The largest absolute Gasteiger partial charge is 0.497 e. The van der Waals surface area contributed by atoms with E-state index >= 15 is 0 Å². The number of anilines is 1. The Labute approximate surface area is 200 Å². The second-order valence-electron chi connectivity index (χ2n) is 8.10. The topological polar surface area (TPSA) is 121 Å². The second-order valence-corrected chi connectivity index (χ2v) is 8.10. The van der Waals surface area contributed by atoms with Crippen LogP contribution in [0.3, 0.4) is 0 Å². The van der Waals surface area contributed by atoms with Crippen LogP contribution in [0, 0.1) is 0 Å². The van der Waals surface area contributed by atoms with Crippen molar-refractivity contribution < 1.29 is 28.5 Å². The van der Waals surface area contributed by atoms with Crippen molar-refractivity contribution in [1.82, 2.24) is 14.9 Å². The van der Waals surface area contributed by atoms with Crippen LogP contribution in [0.1, 0.15) is 6.42 Å². The van der Waals surface area contributed by atoms with Crippen LogP contribution in [0.25, 0.3) is 11.0 Å². The molecule has 3 heterocycles. The number of nitrogens with one attached hydrogen (secondary N) is 1. The van der Waals surface area contributed by atoms with Crippen LogP contribution in [0.2, 0.25) is 0 Å². The van der Waals surface area contributed by atoms with Crippen LogP contribution < -0.4 is 30.0 Å². The molecule has 3 aromatic rings. The average molecular weight is 480 g/mol. The summed E-state index contributed by atoms with van der Waals surface area (Å²) in [7, 11) is 1.54. The number of carbonyl (C=O) groups excluding carboxylic acids is 2. The van der Waals surface area contributed by atoms with Crippen molar-refractivity contribution in [2.75, 3.05) is 38.3 Å². The van der Waals surface area contributed by atoms with Crippen molar-refractivity contribution in [1.29, 1.82) is 0 Å². The summed E-state index contributed by atoms with van der Waals surface area (Å²) in [6, 6.07) is 10.5. The van der Waals surface area contributed by atoms with Gasteiger partial charge in [0, 0.05) is 25.1 Å². The molecule has 0 bridgehead atoms. The molecule has 1 unspecified atom stereocenters. The van der Waals surface area contributed by atoms with Crippen molar-refractivity contribution in [3.63, 3.8) is 0 Å². The fourth-order valence-electron chi connectivity index (χ4n) is 4.07. The molecule has 182 valence electrons. The van der Waals surface area contributed by atoms with E-state index in [1.165, 1.54) is 22.8 Å². The number of benzene rings is 2. The molecule has 2 amide bonds. The molecule has 2 aliphatic rings. The van der Waals surface area contributed by atoms with Gasteiger partial charge in [0.2, 0.25) is 5.91 Å². The highest BCUT2D eigenvalue weighted by Gasteiger charge is 2.33. The Bertz CT molecular complexity index is 1340. The molecule has 2 aromatic carbocycles. The Hall–Kier alpha value is -4.28. The number of rotatable bonds is 7. The van der Waals surface area contributed by atoms with Gasteiger partial charge in [-0.1, -0.05) is 0 Å². The highest BCUT2D eigenvalue weighted by molar-refractivity contribution is 5.90. The van der Waals surface area contributed by atoms with Crippen LogP contribution in [-0.4, -0.2) is 61.1 Å². The number of aromatic nitrogens is 2. The number of hydrogen-bond donors (Lipinski definition) is 1. The summed E-state index contributed by atoms with van der Waals surface area (Å²) in [5.74, 6) is 1.54. The predicted octanol–water partition coefficient (Wildman–Crippen LogP) is 1.71. The van der Waals surface area contributed by atoms with Gasteiger partial charge in [0.05, 0.1) is 43.1 Å². The van der Waals surface area contributed by atoms with E-state index in [0.29, 0.717) is 47.2 Å². The molecule has 1 N–H and O–H groups in total. The first-order valence-electron chi connectivity index (χ1n) is 11.2. The van der Waals surface area contributed by atoms with Gasteiger partial charge in [-0.15, -0.1) is 0 Å². The third kappa shape index (κ3) is 4.70. The van der Waals surface area contributed by atoms with E-state index in [9.17, 15) is 14.4 Å². The Morgan fingerprint density at radius 2 is 1.97 bits per heavy atom. The lowest BCUT2D eigenvalue weighted by molar-refractivity contribution is -0.121. The van der Waals surface area contributed by atoms with Crippen molar-refractivity contribution in [2.24, 2.45) is 0 Å². The Morgan fingerprint density at radius 1 is 1.14 bits per heavy atom. The number of nitrogens with zero attached hydrogens (tertiary/aromatic N) is 3. The zero-order chi connectivity index (χ0) is 24.4. The smallest absolute Gasteiger partial charge is 0.414 e. The normalized spacial score (nSPS) is 16.8. The summed E-state index contributed by atoms with van der Waals surface area (Å²) in [5.41, 5.74) is 1.54. The minimum Gasteiger partial charge on any atom is -0.497 e. The Balaban J connectivity index is 1.18. The zero-order valence-electron chi connectivity index (χ0n) is 19.1. The quantitative estimate of drug-likeness (QED) is 0.543. The Kier molecular flexibility index (Phi) is 6.13. The number of methoxy groups -OCH3 is 1. The first-order valence-corrected chi connectivity index (χ1v) is 11.2. The van der Waals surface area contributed by atoms with Crippen molar-refractivity contribution in [3.8, 4) is 17.2 Å². The lowest BCUT2D eigenvalue weighted by atomic mass is 10.2. The van der Waals surface area contributed by atoms with E-state index in [1.54, 1.807) is 36.4 Å². The summed E-state index contributed by atoms with van der Waals surface area (Å²) in [6.07, 6.45) is 0.304. The van der Waals surface area contributed by atoms with Crippen LogP contribution in [-0.2, 0) is 16.1 Å². The number of aryl methyl sites for hydroxylation is 1. The molecule has 1 fully saturated rings. The summed E-state index contributed by atoms with van der Waals surface area (Å²) in [5, 5.41) is 2.78. The maximum absolute atomic E-state index is 12.5. The summed E-state index contributed by atoms with van der Waals surface area (Å²) in [4.78, 5) is 42.9. The summed E-state index contributed by atoms with van der Waals surface area (Å²) >= 11 is 0. The predicted molar refractivity (Wildman–Crippen MR) is 125 cm³/mol. The highest BCUT2D eigenvalue weighted by Crippen LogP contribution is 2.35. The lowest BCUT2D eigenvalue weighted by Gasteiger charge is -2.21. The first-order chi connectivity index (χ1) is 17.0. The first kappa shape index (κ1) is 22.5. The van der Waals surface area contributed by atoms with Crippen molar-refractivity contribution >= 4 is 28.7 Å². The van der Waals surface area contributed by atoms with Crippen LogP contribution in [0.4, 0.5) is 10.5 Å². The SMILES string of the molecule is COc1ccc2ncc(=O)n(CCC(=O)NCC3CN(c4ccc5c(c4)OCCO5)C(=O)O3)c2c1. The van der Waals surface area contributed by atoms with Crippen molar-refractivity contribution in [2.45, 2.75) is 19.1 Å². The van der Waals surface area contributed by atoms with E-state index in [1.807, 2.05) is 0 Å². The second kappa shape index (κ2) is 9.53.